The van der Waals surface area contributed by atoms with Gasteiger partial charge in [-0.1, -0.05) is 30.3 Å². The number of piperazine rings is 1. The molecule has 4 rings (SSSR count). The Labute approximate surface area is 185 Å². The first-order chi connectivity index (χ1) is 15.6. The topological polar surface area (TPSA) is 85.2 Å². The maximum Gasteiger partial charge on any atom is 0.270 e. The molecule has 0 aliphatic carbocycles. The average molecular weight is 433 g/mol. The zero-order valence-electron chi connectivity index (χ0n) is 17.6. The van der Waals surface area contributed by atoms with Crippen LogP contribution in [0.25, 0.3) is 0 Å². The monoisotopic (exact) mass is 433 g/mol. The first kappa shape index (κ1) is 21.2. The predicted octanol–water partition coefficient (Wildman–Crippen LogP) is 4.36. The van der Waals surface area contributed by atoms with Gasteiger partial charge in [0, 0.05) is 38.3 Å². The van der Waals surface area contributed by atoms with Crippen LogP contribution in [0, 0.1) is 10.1 Å². The molecule has 0 spiro atoms. The van der Waals surface area contributed by atoms with Crippen LogP contribution in [0.2, 0.25) is 0 Å². The molecule has 0 N–H and O–H groups in total. The molecular formula is C24H23N3O5. The minimum atomic E-state index is -0.511. The molecule has 0 atom stereocenters. The van der Waals surface area contributed by atoms with Crippen molar-refractivity contribution in [2.24, 2.45) is 0 Å². The fourth-order valence-electron chi connectivity index (χ4n) is 3.71. The molecule has 1 heterocycles. The van der Waals surface area contributed by atoms with Gasteiger partial charge in [0.15, 0.2) is 0 Å². The lowest BCUT2D eigenvalue weighted by atomic mass is 10.1. The highest BCUT2D eigenvalue weighted by molar-refractivity contribution is 5.98. The lowest BCUT2D eigenvalue weighted by Crippen LogP contribution is -2.49. The van der Waals surface area contributed by atoms with Crippen LogP contribution in [0.15, 0.2) is 72.8 Å². The summed E-state index contributed by atoms with van der Waals surface area (Å²) in [6, 6.07) is 20.9. The van der Waals surface area contributed by atoms with Crippen molar-refractivity contribution >= 4 is 17.3 Å². The van der Waals surface area contributed by atoms with E-state index in [1.54, 1.807) is 24.1 Å². The number of rotatable bonds is 6. The molecule has 1 fully saturated rings. The lowest BCUT2D eigenvalue weighted by Gasteiger charge is -2.36. The highest BCUT2D eigenvalue weighted by Crippen LogP contribution is 2.31. The molecule has 1 aliphatic rings. The number of para-hydroxylation sites is 3. The Hall–Kier alpha value is -4.07. The Morgan fingerprint density at radius 3 is 2.28 bits per heavy atom. The van der Waals surface area contributed by atoms with E-state index >= 15 is 0 Å². The molecule has 0 aromatic heterocycles. The summed E-state index contributed by atoms with van der Waals surface area (Å²) >= 11 is 0. The van der Waals surface area contributed by atoms with E-state index in [1.807, 2.05) is 42.5 Å². The molecular weight excluding hydrogens is 410 g/mol. The van der Waals surface area contributed by atoms with Crippen molar-refractivity contribution in [3.05, 3.63) is 88.5 Å². The lowest BCUT2D eigenvalue weighted by molar-refractivity contribution is -0.384. The van der Waals surface area contributed by atoms with E-state index in [4.69, 9.17) is 9.47 Å². The number of ether oxygens (including phenoxy) is 2. The summed E-state index contributed by atoms with van der Waals surface area (Å²) in [6.07, 6.45) is 0. The SMILES string of the molecule is COc1ccccc1N1CCN(C(=O)c2cc([N+](=O)[O-])ccc2Oc2ccccc2)CC1. The van der Waals surface area contributed by atoms with Gasteiger partial charge in [0.05, 0.1) is 23.3 Å². The average Bonchev–Trinajstić information content (AvgIpc) is 2.84. The second-order valence-electron chi connectivity index (χ2n) is 7.30. The summed E-state index contributed by atoms with van der Waals surface area (Å²) in [4.78, 5) is 28.0. The third kappa shape index (κ3) is 4.49. The highest BCUT2D eigenvalue weighted by Gasteiger charge is 2.27. The van der Waals surface area contributed by atoms with Crippen molar-refractivity contribution in [1.29, 1.82) is 0 Å². The van der Waals surface area contributed by atoms with Crippen LogP contribution in [0.3, 0.4) is 0 Å². The van der Waals surface area contributed by atoms with E-state index in [1.165, 1.54) is 18.2 Å². The summed E-state index contributed by atoms with van der Waals surface area (Å²) in [6.45, 7) is 2.19. The van der Waals surface area contributed by atoms with E-state index in [-0.39, 0.29) is 17.2 Å². The number of carbonyl (C=O) groups is 1. The molecule has 1 amide bonds. The van der Waals surface area contributed by atoms with Crippen LogP contribution in [-0.4, -0.2) is 49.0 Å². The number of amides is 1. The number of non-ortho nitro benzene ring substituents is 1. The van der Waals surface area contributed by atoms with Crippen LogP contribution in [0.4, 0.5) is 11.4 Å². The second-order valence-corrected chi connectivity index (χ2v) is 7.30. The zero-order chi connectivity index (χ0) is 22.5. The Kier molecular flexibility index (Phi) is 6.21. The second kappa shape index (κ2) is 9.38. The van der Waals surface area contributed by atoms with Crippen LogP contribution in [0.1, 0.15) is 10.4 Å². The molecule has 0 unspecified atom stereocenters. The van der Waals surface area contributed by atoms with Gasteiger partial charge in [0.1, 0.15) is 17.2 Å². The predicted molar refractivity (Wildman–Crippen MR) is 121 cm³/mol. The van der Waals surface area contributed by atoms with Gasteiger partial charge in [-0.2, -0.15) is 0 Å². The van der Waals surface area contributed by atoms with E-state index in [2.05, 4.69) is 4.90 Å². The van der Waals surface area contributed by atoms with Gasteiger partial charge in [-0.3, -0.25) is 14.9 Å². The summed E-state index contributed by atoms with van der Waals surface area (Å²) in [5.41, 5.74) is 1.00. The molecule has 164 valence electrons. The van der Waals surface area contributed by atoms with E-state index < -0.39 is 4.92 Å². The molecule has 0 bridgehead atoms. The number of benzene rings is 3. The number of hydrogen-bond acceptors (Lipinski definition) is 6. The van der Waals surface area contributed by atoms with Crippen LogP contribution < -0.4 is 14.4 Å². The number of nitrogens with zero attached hydrogens (tertiary/aromatic N) is 3. The molecule has 8 heteroatoms. The van der Waals surface area contributed by atoms with Gasteiger partial charge in [0.2, 0.25) is 0 Å². The van der Waals surface area contributed by atoms with Gasteiger partial charge in [-0.05, 0) is 30.3 Å². The first-order valence-electron chi connectivity index (χ1n) is 10.3. The fourth-order valence-corrected chi connectivity index (χ4v) is 3.71. The largest absolute Gasteiger partial charge is 0.495 e. The van der Waals surface area contributed by atoms with Crippen molar-refractivity contribution in [3.8, 4) is 17.2 Å². The number of nitro groups is 1. The van der Waals surface area contributed by atoms with Gasteiger partial charge in [0.25, 0.3) is 11.6 Å². The molecule has 8 nitrogen and oxygen atoms in total. The van der Waals surface area contributed by atoms with Crippen LogP contribution in [0.5, 0.6) is 17.2 Å². The Bertz CT molecular complexity index is 1110. The zero-order valence-corrected chi connectivity index (χ0v) is 17.6. The maximum atomic E-state index is 13.3. The van der Waals surface area contributed by atoms with Crippen molar-refractivity contribution < 1.29 is 19.2 Å². The maximum absolute atomic E-state index is 13.3. The molecule has 1 aliphatic heterocycles. The van der Waals surface area contributed by atoms with Crippen LogP contribution >= 0.6 is 0 Å². The summed E-state index contributed by atoms with van der Waals surface area (Å²) in [5, 5.41) is 11.3. The third-order valence-corrected chi connectivity index (χ3v) is 5.37. The number of methoxy groups -OCH3 is 1. The van der Waals surface area contributed by atoms with Crippen LogP contribution in [-0.2, 0) is 0 Å². The van der Waals surface area contributed by atoms with Crippen molar-refractivity contribution in [3.63, 3.8) is 0 Å². The summed E-state index contributed by atoms with van der Waals surface area (Å²) in [7, 11) is 1.63. The summed E-state index contributed by atoms with van der Waals surface area (Å²) < 4.78 is 11.3. The van der Waals surface area contributed by atoms with E-state index in [0.717, 1.165) is 11.4 Å². The van der Waals surface area contributed by atoms with Crippen molar-refractivity contribution in [2.45, 2.75) is 0 Å². The standard InChI is InChI=1S/C24H23N3O5/c1-31-23-10-6-5-9-21(23)25-13-15-26(16-14-25)24(28)20-17-18(27(29)30)11-12-22(20)32-19-7-3-2-4-8-19/h2-12,17H,13-16H2,1H3. The molecule has 0 saturated carbocycles. The smallest absolute Gasteiger partial charge is 0.270 e. The quantitative estimate of drug-likeness (QED) is 0.424. The van der Waals surface area contributed by atoms with Gasteiger partial charge in [-0.15, -0.1) is 0 Å². The minimum Gasteiger partial charge on any atom is -0.495 e. The molecule has 1 saturated heterocycles. The van der Waals surface area contributed by atoms with Gasteiger partial charge in [-0.25, -0.2) is 0 Å². The number of anilines is 1. The number of hydrogen-bond donors (Lipinski definition) is 0. The minimum absolute atomic E-state index is 0.151. The molecule has 3 aromatic carbocycles. The van der Waals surface area contributed by atoms with Gasteiger partial charge < -0.3 is 19.3 Å². The first-order valence-corrected chi connectivity index (χ1v) is 10.3. The number of carbonyl (C=O) groups excluding carboxylic acids is 1. The van der Waals surface area contributed by atoms with Crippen molar-refractivity contribution in [2.75, 3.05) is 38.2 Å². The molecule has 32 heavy (non-hydrogen) atoms. The third-order valence-electron chi connectivity index (χ3n) is 5.37. The van der Waals surface area contributed by atoms with Crippen molar-refractivity contribution in [1.82, 2.24) is 4.90 Å². The number of nitro benzene ring substituents is 1. The Morgan fingerprint density at radius 2 is 1.59 bits per heavy atom. The Balaban J connectivity index is 1.54. The van der Waals surface area contributed by atoms with E-state index in [9.17, 15) is 14.9 Å². The highest BCUT2D eigenvalue weighted by atomic mass is 16.6. The molecule has 3 aromatic rings. The molecule has 0 radical (unpaired) electrons. The normalized spacial score (nSPS) is 13.5. The van der Waals surface area contributed by atoms with E-state index in [0.29, 0.717) is 37.7 Å². The van der Waals surface area contributed by atoms with Gasteiger partial charge >= 0.3 is 0 Å². The Morgan fingerprint density at radius 1 is 0.906 bits per heavy atom. The fraction of sp³-hybridized carbons (Fsp3) is 0.208. The summed E-state index contributed by atoms with van der Waals surface area (Å²) in [5.74, 6) is 1.33.